The molecule has 0 aliphatic rings. The first-order valence-corrected chi connectivity index (χ1v) is 8.83. The van der Waals surface area contributed by atoms with Crippen LogP contribution in [0.1, 0.15) is 23.0 Å². The lowest BCUT2D eigenvalue weighted by Crippen LogP contribution is -2.19. The number of rotatable bonds is 7. The highest BCUT2D eigenvalue weighted by Gasteiger charge is 2.10. The molecule has 0 aliphatic heterocycles. The van der Waals surface area contributed by atoms with Crippen LogP contribution in [0.5, 0.6) is 11.5 Å². The molecule has 29 heavy (non-hydrogen) atoms. The topological polar surface area (TPSA) is 85.7 Å². The van der Waals surface area contributed by atoms with E-state index in [0.29, 0.717) is 18.1 Å². The lowest BCUT2D eigenvalue weighted by molar-refractivity contribution is 0.0950. The van der Waals surface area contributed by atoms with E-state index in [0.717, 1.165) is 11.3 Å². The third-order valence-electron chi connectivity index (χ3n) is 3.90. The summed E-state index contributed by atoms with van der Waals surface area (Å²) in [6.07, 6.45) is 4.08. The second kappa shape index (κ2) is 9.41. The van der Waals surface area contributed by atoms with Gasteiger partial charge in [-0.15, -0.1) is 0 Å². The zero-order valence-electron chi connectivity index (χ0n) is 15.9. The summed E-state index contributed by atoms with van der Waals surface area (Å²) < 4.78 is 24.2. The standard InChI is InChI=1S/C21H19FN4O3/c1-3-29-16-6-4-14(5-7-16)19-12-23-13-20(25-19)21(27)26-24-11-15-10-17(28-2)8-9-18(15)22/h4-13H,3H2,1-2H3,(H,26,27). The van der Waals surface area contributed by atoms with E-state index < -0.39 is 11.7 Å². The Morgan fingerprint density at radius 2 is 1.93 bits per heavy atom. The molecule has 0 unspecified atom stereocenters. The number of nitrogens with zero attached hydrogens (tertiary/aromatic N) is 3. The van der Waals surface area contributed by atoms with Crippen molar-refractivity contribution in [2.75, 3.05) is 13.7 Å². The van der Waals surface area contributed by atoms with Gasteiger partial charge in [0.2, 0.25) is 0 Å². The number of aromatic nitrogens is 2. The van der Waals surface area contributed by atoms with E-state index >= 15 is 0 Å². The fraction of sp³-hybridized carbons (Fsp3) is 0.143. The van der Waals surface area contributed by atoms with Crippen molar-refractivity contribution in [2.24, 2.45) is 5.10 Å². The van der Waals surface area contributed by atoms with Gasteiger partial charge in [-0.1, -0.05) is 0 Å². The first-order valence-electron chi connectivity index (χ1n) is 8.83. The minimum Gasteiger partial charge on any atom is -0.497 e. The van der Waals surface area contributed by atoms with Gasteiger partial charge in [-0.05, 0) is 49.4 Å². The second-order valence-electron chi connectivity index (χ2n) is 5.83. The zero-order valence-corrected chi connectivity index (χ0v) is 15.9. The molecule has 0 atom stereocenters. The Kier molecular flexibility index (Phi) is 6.47. The van der Waals surface area contributed by atoms with Gasteiger partial charge in [0.25, 0.3) is 5.91 Å². The summed E-state index contributed by atoms with van der Waals surface area (Å²) in [6.45, 7) is 2.49. The van der Waals surface area contributed by atoms with E-state index in [2.05, 4.69) is 20.5 Å². The van der Waals surface area contributed by atoms with Crippen molar-refractivity contribution in [3.8, 4) is 22.8 Å². The quantitative estimate of drug-likeness (QED) is 0.490. The zero-order chi connectivity index (χ0) is 20.6. The van der Waals surface area contributed by atoms with E-state index in [4.69, 9.17) is 9.47 Å². The first-order chi connectivity index (χ1) is 14.1. The van der Waals surface area contributed by atoms with Crippen LogP contribution in [0.4, 0.5) is 4.39 Å². The molecule has 0 radical (unpaired) electrons. The van der Waals surface area contributed by atoms with Crippen LogP contribution in [0, 0.1) is 5.82 Å². The Morgan fingerprint density at radius 3 is 2.66 bits per heavy atom. The number of hydrogen-bond donors (Lipinski definition) is 1. The fourth-order valence-corrected chi connectivity index (χ4v) is 2.47. The Morgan fingerprint density at radius 1 is 1.17 bits per heavy atom. The molecule has 7 nitrogen and oxygen atoms in total. The predicted molar refractivity (Wildman–Crippen MR) is 107 cm³/mol. The van der Waals surface area contributed by atoms with E-state index in [1.54, 1.807) is 6.20 Å². The molecular weight excluding hydrogens is 375 g/mol. The molecule has 0 fully saturated rings. The Labute approximate surface area is 167 Å². The van der Waals surface area contributed by atoms with Gasteiger partial charge in [0, 0.05) is 11.1 Å². The molecule has 0 saturated heterocycles. The molecule has 0 bridgehead atoms. The van der Waals surface area contributed by atoms with Crippen LogP contribution in [0.15, 0.2) is 60.0 Å². The molecule has 8 heteroatoms. The maximum atomic E-state index is 13.8. The SMILES string of the molecule is CCOc1ccc(-c2cncc(C(=O)NN=Cc3cc(OC)ccc3F)n2)cc1. The Balaban J connectivity index is 1.71. The van der Waals surface area contributed by atoms with Crippen molar-refractivity contribution in [1.82, 2.24) is 15.4 Å². The molecule has 148 valence electrons. The summed E-state index contributed by atoms with van der Waals surface area (Å²) in [5, 5.41) is 3.78. The van der Waals surface area contributed by atoms with Gasteiger partial charge in [0.05, 0.1) is 38.0 Å². The van der Waals surface area contributed by atoms with Gasteiger partial charge in [0.1, 0.15) is 23.0 Å². The van der Waals surface area contributed by atoms with Crippen molar-refractivity contribution < 1.29 is 18.7 Å². The van der Waals surface area contributed by atoms with Crippen molar-refractivity contribution >= 4 is 12.1 Å². The molecule has 1 amide bonds. The maximum Gasteiger partial charge on any atom is 0.291 e. The summed E-state index contributed by atoms with van der Waals surface area (Å²) in [4.78, 5) is 20.7. The molecule has 3 aromatic rings. The molecule has 2 aromatic carbocycles. The van der Waals surface area contributed by atoms with Crippen LogP contribution in [0.25, 0.3) is 11.3 Å². The van der Waals surface area contributed by atoms with Crippen LogP contribution in [0.3, 0.4) is 0 Å². The van der Waals surface area contributed by atoms with E-state index in [-0.39, 0.29) is 11.3 Å². The summed E-state index contributed by atoms with van der Waals surface area (Å²) in [5.74, 6) is 0.177. The third kappa shape index (κ3) is 5.13. The van der Waals surface area contributed by atoms with Crippen LogP contribution in [-0.2, 0) is 0 Å². The first kappa shape index (κ1) is 19.9. The van der Waals surface area contributed by atoms with Crippen LogP contribution in [0.2, 0.25) is 0 Å². The van der Waals surface area contributed by atoms with Gasteiger partial charge in [0.15, 0.2) is 0 Å². The molecule has 3 rings (SSSR count). The molecule has 1 aromatic heterocycles. The van der Waals surface area contributed by atoms with Gasteiger partial charge < -0.3 is 9.47 Å². The van der Waals surface area contributed by atoms with Gasteiger partial charge >= 0.3 is 0 Å². The second-order valence-corrected chi connectivity index (χ2v) is 5.83. The number of amides is 1. The van der Waals surface area contributed by atoms with E-state index in [1.165, 1.54) is 37.7 Å². The predicted octanol–water partition coefficient (Wildman–Crippen LogP) is 3.45. The van der Waals surface area contributed by atoms with Crippen molar-refractivity contribution in [3.63, 3.8) is 0 Å². The lowest BCUT2D eigenvalue weighted by Gasteiger charge is -2.06. The molecule has 0 saturated carbocycles. The maximum absolute atomic E-state index is 13.8. The number of hydrogen-bond acceptors (Lipinski definition) is 6. The summed E-state index contributed by atoms with van der Waals surface area (Å²) >= 11 is 0. The average molecular weight is 394 g/mol. The molecule has 1 heterocycles. The van der Waals surface area contributed by atoms with Crippen LogP contribution in [-0.4, -0.2) is 35.8 Å². The molecule has 0 aliphatic carbocycles. The number of benzene rings is 2. The number of hydrazone groups is 1. The highest BCUT2D eigenvalue weighted by Crippen LogP contribution is 2.20. The van der Waals surface area contributed by atoms with E-state index in [1.807, 2.05) is 31.2 Å². The van der Waals surface area contributed by atoms with Gasteiger partial charge in [-0.2, -0.15) is 5.10 Å². The largest absolute Gasteiger partial charge is 0.497 e. The van der Waals surface area contributed by atoms with E-state index in [9.17, 15) is 9.18 Å². The number of nitrogens with one attached hydrogen (secondary N) is 1. The summed E-state index contributed by atoms with van der Waals surface area (Å²) in [7, 11) is 1.48. The van der Waals surface area contributed by atoms with Gasteiger partial charge in [-0.3, -0.25) is 9.78 Å². The van der Waals surface area contributed by atoms with Crippen LogP contribution < -0.4 is 14.9 Å². The average Bonchev–Trinajstić information content (AvgIpc) is 2.76. The Hall–Kier alpha value is -3.81. The third-order valence-corrected chi connectivity index (χ3v) is 3.90. The summed E-state index contributed by atoms with van der Waals surface area (Å²) in [6, 6.07) is 11.5. The monoisotopic (exact) mass is 394 g/mol. The highest BCUT2D eigenvalue weighted by molar-refractivity contribution is 5.93. The fourth-order valence-electron chi connectivity index (χ4n) is 2.47. The molecule has 0 spiro atoms. The van der Waals surface area contributed by atoms with Crippen LogP contribution >= 0.6 is 0 Å². The van der Waals surface area contributed by atoms with Crippen molar-refractivity contribution in [2.45, 2.75) is 6.92 Å². The Bertz CT molecular complexity index is 1020. The number of halogens is 1. The number of ether oxygens (including phenoxy) is 2. The normalized spacial score (nSPS) is 10.7. The minimum absolute atomic E-state index is 0.0830. The number of methoxy groups -OCH3 is 1. The number of carbonyl (C=O) groups is 1. The molecule has 1 N–H and O–H groups in total. The van der Waals surface area contributed by atoms with Crippen molar-refractivity contribution in [3.05, 3.63) is 71.9 Å². The van der Waals surface area contributed by atoms with Gasteiger partial charge in [-0.25, -0.2) is 14.8 Å². The lowest BCUT2D eigenvalue weighted by atomic mass is 10.1. The number of carbonyl (C=O) groups excluding carboxylic acids is 1. The highest BCUT2D eigenvalue weighted by atomic mass is 19.1. The minimum atomic E-state index is -0.565. The smallest absolute Gasteiger partial charge is 0.291 e. The summed E-state index contributed by atoms with van der Waals surface area (Å²) in [5.41, 5.74) is 3.90. The molecular formula is C21H19FN4O3. The van der Waals surface area contributed by atoms with Crippen molar-refractivity contribution in [1.29, 1.82) is 0 Å².